The van der Waals surface area contributed by atoms with Gasteiger partial charge in [-0.15, -0.1) is 0 Å². The third-order valence-electron chi connectivity index (χ3n) is 2.15. The standard InChI is InChI=1S/C10H15N3O4S/c1-7-3-4-11-9(8(7)10(14)15)12-5-6-13-18(2,16)17/h3-4,13H,5-6H2,1-2H3,(H,11,12)(H,14,15). The van der Waals surface area contributed by atoms with Gasteiger partial charge in [-0.1, -0.05) is 0 Å². The van der Waals surface area contributed by atoms with Gasteiger partial charge in [-0.05, 0) is 18.6 Å². The van der Waals surface area contributed by atoms with Crippen LogP contribution >= 0.6 is 0 Å². The van der Waals surface area contributed by atoms with Gasteiger partial charge in [0.25, 0.3) is 0 Å². The van der Waals surface area contributed by atoms with Gasteiger partial charge < -0.3 is 10.4 Å². The van der Waals surface area contributed by atoms with Crippen LogP contribution < -0.4 is 10.0 Å². The van der Waals surface area contributed by atoms with Crippen LogP contribution in [0.15, 0.2) is 12.3 Å². The Morgan fingerprint density at radius 3 is 2.67 bits per heavy atom. The number of hydrogen-bond donors (Lipinski definition) is 3. The van der Waals surface area contributed by atoms with E-state index in [4.69, 9.17) is 5.11 Å². The van der Waals surface area contributed by atoms with E-state index in [0.29, 0.717) is 5.56 Å². The van der Waals surface area contributed by atoms with E-state index < -0.39 is 16.0 Å². The van der Waals surface area contributed by atoms with Gasteiger partial charge in [-0.3, -0.25) is 0 Å². The van der Waals surface area contributed by atoms with E-state index in [0.717, 1.165) is 6.26 Å². The lowest BCUT2D eigenvalue weighted by Crippen LogP contribution is -2.28. The first-order valence-corrected chi connectivity index (χ1v) is 7.08. The zero-order valence-corrected chi connectivity index (χ0v) is 10.9. The molecule has 0 saturated heterocycles. The molecule has 0 aliphatic carbocycles. The van der Waals surface area contributed by atoms with Crippen LogP contribution in [0.5, 0.6) is 0 Å². The van der Waals surface area contributed by atoms with Crippen LogP contribution in [0.2, 0.25) is 0 Å². The summed E-state index contributed by atoms with van der Waals surface area (Å²) >= 11 is 0. The molecule has 7 nitrogen and oxygen atoms in total. The van der Waals surface area contributed by atoms with E-state index in [1.165, 1.54) is 6.20 Å². The average molecular weight is 273 g/mol. The van der Waals surface area contributed by atoms with E-state index in [-0.39, 0.29) is 24.5 Å². The number of rotatable bonds is 6. The summed E-state index contributed by atoms with van der Waals surface area (Å²) in [4.78, 5) is 15.0. The predicted molar refractivity (Wildman–Crippen MR) is 67.3 cm³/mol. The molecule has 0 aliphatic heterocycles. The number of carbonyl (C=O) groups is 1. The smallest absolute Gasteiger partial charge is 0.339 e. The number of carboxylic acids is 1. The molecule has 18 heavy (non-hydrogen) atoms. The summed E-state index contributed by atoms with van der Waals surface area (Å²) in [6, 6.07) is 1.60. The molecule has 3 N–H and O–H groups in total. The molecule has 0 aliphatic rings. The first kappa shape index (κ1) is 14.4. The molecule has 100 valence electrons. The zero-order valence-electron chi connectivity index (χ0n) is 10.1. The van der Waals surface area contributed by atoms with Crippen LogP contribution in [0.1, 0.15) is 15.9 Å². The number of aromatic nitrogens is 1. The van der Waals surface area contributed by atoms with Crippen molar-refractivity contribution in [1.82, 2.24) is 9.71 Å². The Balaban J connectivity index is 2.68. The van der Waals surface area contributed by atoms with Crippen molar-refractivity contribution in [1.29, 1.82) is 0 Å². The van der Waals surface area contributed by atoms with Crippen molar-refractivity contribution in [3.05, 3.63) is 23.4 Å². The summed E-state index contributed by atoms with van der Waals surface area (Å²) in [6.07, 6.45) is 2.55. The molecule has 0 spiro atoms. The predicted octanol–water partition coefficient (Wildman–Crippen LogP) is 0.0493. The summed E-state index contributed by atoms with van der Waals surface area (Å²) in [6.45, 7) is 2.09. The maximum atomic E-state index is 11.0. The molecule has 0 saturated carbocycles. The largest absolute Gasteiger partial charge is 0.478 e. The van der Waals surface area contributed by atoms with Crippen LogP contribution in [-0.2, 0) is 10.0 Å². The number of sulfonamides is 1. The highest BCUT2D eigenvalue weighted by Gasteiger charge is 2.13. The molecule has 0 fully saturated rings. The number of pyridine rings is 1. The van der Waals surface area contributed by atoms with Gasteiger partial charge in [0.15, 0.2) is 0 Å². The molecule has 0 bridgehead atoms. The quantitative estimate of drug-likeness (QED) is 0.632. The van der Waals surface area contributed by atoms with Crippen LogP contribution in [0.3, 0.4) is 0 Å². The van der Waals surface area contributed by atoms with Gasteiger partial charge in [-0.2, -0.15) is 0 Å². The Labute approximate surface area is 105 Å². The van der Waals surface area contributed by atoms with Gasteiger partial charge in [0.1, 0.15) is 11.4 Å². The van der Waals surface area contributed by atoms with Crippen molar-refractivity contribution in [2.24, 2.45) is 0 Å². The van der Waals surface area contributed by atoms with E-state index in [2.05, 4.69) is 15.0 Å². The summed E-state index contributed by atoms with van der Waals surface area (Å²) < 4.78 is 23.9. The maximum absolute atomic E-state index is 11.0. The molecule has 1 heterocycles. The summed E-state index contributed by atoms with van der Waals surface area (Å²) in [5, 5.41) is 11.8. The van der Waals surface area contributed by atoms with Crippen molar-refractivity contribution in [2.45, 2.75) is 6.92 Å². The second-order valence-corrected chi connectivity index (χ2v) is 5.58. The van der Waals surface area contributed by atoms with E-state index >= 15 is 0 Å². The van der Waals surface area contributed by atoms with Crippen molar-refractivity contribution in [3.63, 3.8) is 0 Å². The number of hydrogen-bond acceptors (Lipinski definition) is 5. The minimum absolute atomic E-state index is 0.0943. The third-order valence-corrected chi connectivity index (χ3v) is 2.88. The Morgan fingerprint density at radius 1 is 1.44 bits per heavy atom. The van der Waals surface area contributed by atoms with Gasteiger partial charge in [0.2, 0.25) is 10.0 Å². The number of aryl methyl sites for hydroxylation is 1. The number of carboxylic acid groups (broad SMARTS) is 1. The van der Waals surface area contributed by atoms with Crippen molar-refractivity contribution < 1.29 is 18.3 Å². The monoisotopic (exact) mass is 273 g/mol. The minimum Gasteiger partial charge on any atom is -0.478 e. The van der Waals surface area contributed by atoms with E-state index in [9.17, 15) is 13.2 Å². The number of nitrogens with one attached hydrogen (secondary N) is 2. The molecular weight excluding hydrogens is 258 g/mol. The minimum atomic E-state index is -3.24. The first-order chi connectivity index (χ1) is 8.31. The topological polar surface area (TPSA) is 108 Å². The van der Waals surface area contributed by atoms with Gasteiger partial charge in [0, 0.05) is 19.3 Å². The maximum Gasteiger partial charge on any atom is 0.339 e. The molecule has 0 radical (unpaired) electrons. The second kappa shape index (κ2) is 5.78. The third kappa shape index (κ3) is 4.30. The lowest BCUT2D eigenvalue weighted by Gasteiger charge is -2.10. The Kier molecular flexibility index (Phi) is 4.62. The molecule has 0 unspecified atom stereocenters. The normalized spacial score (nSPS) is 11.2. The molecular formula is C10H15N3O4S. The summed E-state index contributed by atoms with van der Waals surface area (Å²) in [5.41, 5.74) is 0.688. The van der Waals surface area contributed by atoms with Gasteiger partial charge >= 0.3 is 5.97 Å². The highest BCUT2D eigenvalue weighted by atomic mass is 32.2. The van der Waals surface area contributed by atoms with Crippen LogP contribution in [0.25, 0.3) is 0 Å². The molecule has 0 aromatic carbocycles. The highest BCUT2D eigenvalue weighted by molar-refractivity contribution is 7.88. The van der Waals surface area contributed by atoms with Crippen LogP contribution in [0.4, 0.5) is 5.82 Å². The van der Waals surface area contributed by atoms with E-state index in [1.54, 1.807) is 13.0 Å². The van der Waals surface area contributed by atoms with E-state index in [1.807, 2.05) is 0 Å². The van der Waals surface area contributed by atoms with Crippen LogP contribution in [-0.4, -0.2) is 43.8 Å². The molecule has 1 aromatic heterocycles. The fourth-order valence-corrected chi connectivity index (χ4v) is 1.85. The lowest BCUT2D eigenvalue weighted by atomic mass is 10.1. The lowest BCUT2D eigenvalue weighted by molar-refractivity contribution is 0.0697. The average Bonchev–Trinajstić information content (AvgIpc) is 2.22. The number of aromatic carboxylic acids is 1. The number of anilines is 1. The summed E-state index contributed by atoms with van der Waals surface area (Å²) in [7, 11) is -3.24. The fraction of sp³-hybridized carbons (Fsp3) is 0.400. The van der Waals surface area contributed by atoms with Crippen molar-refractivity contribution >= 4 is 21.8 Å². The van der Waals surface area contributed by atoms with Gasteiger partial charge in [-0.25, -0.2) is 22.9 Å². The van der Waals surface area contributed by atoms with Gasteiger partial charge in [0.05, 0.1) is 6.26 Å². The SMILES string of the molecule is Cc1ccnc(NCCNS(C)(=O)=O)c1C(=O)O. The second-order valence-electron chi connectivity index (χ2n) is 3.75. The first-order valence-electron chi connectivity index (χ1n) is 5.18. The Morgan fingerprint density at radius 2 is 2.11 bits per heavy atom. The molecule has 0 atom stereocenters. The zero-order chi connectivity index (χ0) is 13.8. The molecule has 1 aromatic rings. The Hall–Kier alpha value is -1.67. The molecule has 8 heteroatoms. The van der Waals surface area contributed by atoms with Crippen molar-refractivity contribution in [2.75, 3.05) is 24.7 Å². The Bertz CT molecular complexity index is 542. The summed E-state index contributed by atoms with van der Waals surface area (Å²) in [5.74, 6) is -0.836. The highest BCUT2D eigenvalue weighted by Crippen LogP contribution is 2.15. The molecule has 0 amide bonds. The fourth-order valence-electron chi connectivity index (χ4n) is 1.38. The van der Waals surface area contributed by atoms with Crippen LogP contribution in [0, 0.1) is 6.92 Å². The van der Waals surface area contributed by atoms with Crippen molar-refractivity contribution in [3.8, 4) is 0 Å². The number of nitrogens with zero attached hydrogens (tertiary/aromatic N) is 1. The molecule has 1 rings (SSSR count).